The van der Waals surface area contributed by atoms with E-state index in [2.05, 4.69) is 89.2 Å². The van der Waals surface area contributed by atoms with Crippen LogP contribution < -0.4 is 24.8 Å². The van der Waals surface area contributed by atoms with E-state index >= 15 is 0 Å². The van der Waals surface area contributed by atoms with Crippen LogP contribution in [0.15, 0.2) is 54.6 Å². The molecule has 1 radical (unpaired) electrons. The van der Waals surface area contributed by atoms with Crippen molar-refractivity contribution in [2.24, 2.45) is 0 Å². The zero-order valence-corrected chi connectivity index (χ0v) is 19.5. The Hall–Kier alpha value is -0.487. The number of hydrogen-bond acceptors (Lipinski definition) is 0. The minimum Gasteiger partial charge on any atom is -1.00 e. The summed E-state index contributed by atoms with van der Waals surface area (Å²) in [7, 11) is 0. The summed E-state index contributed by atoms with van der Waals surface area (Å²) in [5.74, 6) is 0.523. The zero-order chi connectivity index (χ0) is 15.9. The van der Waals surface area contributed by atoms with Crippen molar-refractivity contribution in [3.05, 3.63) is 65.7 Å². The maximum atomic E-state index is 2.40. The molecule has 0 atom stereocenters. The quantitative estimate of drug-likeness (QED) is 0.502. The van der Waals surface area contributed by atoms with Crippen LogP contribution in [0.5, 0.6) is 0 Å². The van der Waals surface area contributed by atoms with Gasteiger partial charge in [0.1, 0.15) is 0 Å². The van der Waals surface area contributed by atoms with E-state index in [1.807, 2.05) is 0 Å². The summed E-state index contributed by atoms with van der Waals surface area (Å²) in [6.07, 6.45) is 0. The van der Waals surface area contributed by atoms with Gasteiger partial charge in [-0.3, -0.25) is 0 Å². The van der Waals surface area contributed by atoms with Crippen LogP contribution in [0.25, 0.3) is 21.9 Å². The summed E-state index contributed by atoms with van der Waals surface area (Å²) in [6.45, 7) is 11.4. The molecule has 0 saturated heterocycles. The number of fused-ring (bicyclic) bond motifs is 1. The van der Waals surface area contributed by atoms with Crippen molar-refractivity contribution < 1.29 is 51.0 Å². The van der Waals surface area contributed by atoms with Crippen LogP contribution in [-0.4, -0.2) is 0 Å². The van der Waals surface area contributed by atoms with Crippen LogP contribution >= 0.6 is 0 Å². The van der Waals surface area contributed by atoms with Crippen molar-refractivity contribution in [2.45, 2.75) is 46.0 Å². The Morgan fingerprint density at radius 2 is 1.52 bits per heavy atom. The van der Waals surface area contributed by atoms with Gasteiger partial charge in [0.05, 0.1) is 0 Å². The van der Waals surface area contributed by atoms with Gasteiger partial charge < -0.3 is 24.8 Å². The first-order valence-electron chi connectivity index (χ1n) is 8.16. The Bertz CT molecular complexity index is 777. The second kappa shape index (κ2) is 9.45. The summed E-state index contributed by atoms with van der Waals surface area (Å²) in [4.78, 5) is 0. The SMILES string of the molecule is CC(C)c1cc(C(C)(C)C)ccc1-c1cc2ccccc2[cH-]1.[Cl-].[Cl-].[Zr+3]. The molecule has 3 aromatic carbocycles. The monoisotopic (exact) mass is 449 g/mol. The molecule has 0 saturated carbocycles. The van der Waals surface area contributed by atoms with Gasteiger partial charge in [0.2, 0.25) is 0 Å². The van der Waals surface area contributed by atoms with Crippen LogP contribution in [0.2, 0.25) is 0 Å². The predicted octanol–water partition coefficient (Wildman–Crippen LogP) is 0.652. The summed E-state index contributed by atoms with van der Waals surface area (Å²) in [6, 6.07) is 20.2. The first-order chi connectivity index (χ1) is 10.4. The Morgan fingerprint density at radius 1 is 0.880 bits per heavy atom. The van der Waals surface area contributed by atoms with Crippen molar-refractivity contribution in [1.82, 2.24) is 0 Å². The van der Waals surface area contributed by atoms with Crippen molar-refractivity contribution in [1.29, 1.82) is 0 Å². The smallest absolute Gasteiger partial charge is 1.00 e. The van der Waals surface area contributed by atoms with Crippen LogP contribution in [0.4, 0.5) is 0 Å². The maximum Gasteiger partial charge on any atom is 3.00 e. The largest absolute Gasteiger partial charge is 3.00 e. The third-order valence-corrected chi connectivity index (χ3v) is 4.47. The molecule has 131 valence electrons. The summed E-state index contributed by atoms with van der Waals surface area (Å²) in [5.41, 5.74) is 5.77. The van der Waals surface area contributed by atoms with E-state index in [0.717, 1.165) is 0 Å². The van der Waals surface area contributed by atoms with Crippen LogP contribution in [0.1, 0.15) is 51.7 Å². The van der Waals surface area contributed by atoms with Gasteiger partial charge >= 0.3 is 26.2 Å². The molecule has 0 aliphatic heterocycles. The summed E-state index contributed by atoms with van der Waals surface area (Å²) >= 11 is 0. The van der Waals surface area contributed by atoms with Gasteiger partial charge in [-0.1, -0.05) is 82.1 Å². The molecule has 0 nitrogen and oxygen atoms in total. The van der Waals surface area contributed by atoms with Gasteiger partial charge in [0.15, 0.2) is 0 Å². The predicted molar refractivity (Wildman–Crippen MR) is 97.8 cm³/mol. The van der Waals surface area contributed by atoms with Crippen LogP contribution in [0, 0.1) is 0 Å². The molecule has 0 aliphatic rings. The minimum atomic E-state index is 0. The van der Waals surface area contributed by atoms with Crippen LogP contribution in [-0.2, 0) is 31.6 Å². The van der Waals surface area contributed by atoms with Gasteiger partial charge in [-0.25, -0.2) is 0 Å². The third-order valence-electron chi connectivity index (χ3n) is 4.47. The van der Waals surface area contributed by atoms with Gasteiger partial charge in [0, 0.05) is 0 Å². The van der Waals surface area contributed by atoms with E-state index in [1.54, 1.807) is 0 Å². The minimum absolute atomic E-state index is 0. The second-order valence-electron chi connectivity index (χ2n) is 7.58. The molecule has 0 amide bonds. The van der Waals surface area contributed by atoms with Gasteiger partial charge in [-0.15, -0.1) is 34.5 Å². The van der Waals surface area contributed by atoms with Crippen molar-refractivity contribution in [3.63, 3.8) is 0 Å². The summed E-state index contributed by atoms with van der Waals surface area (Å²) in [5, 5.41) is 2.65. The topological polar surface area (TPSA) is 0 Å². The van der Waals surface area contributed by atoms with Gasteiger partial charge in [-0.05, 0) is 16.9 Å². The fraction of sp³-hybridized carbons (Fsp3) is 0.318. The third kappa shape index (κ3) is 5.25. The average Bonchev–Trinajstić information content (AvgIpc) is 2.89. The van der Waals surface area contributed by atoms with Crippen molar-refractivity contribution in [3.8, 4) is 11.1 Å². The standard InChI is InChI=1S/C22H25.2ClH.Zr/c1-15(2)21-14-19(22(3,4)5)10-11-20(21)18-12-16-8-6-7-9-17(16)13-18;;;/h6-15H,1-5H3;2*1H;/q-1;;;+3/p-2. The Balaban J connectivity index is 0.00000192. The first kappa shape index (κ1) is 24.5. The van der Waals surface area contributed by atoms with Crippen molar-refractivity contribution in [2.75, 3.05) is 0 Å². The Morgan fingerprint density at radius 3 is 2.08 bits per heavy atom. The fourth-order valence-corrected chi connectivity index (χ4v) is 3.08. The normalized spacial score (nSPS) is 10.8. The van der Waals surface area contributed by atoms with E-state index < -0.39 is 0 Å². The first-order valence-corrected chi connectivity index (χ1v) is 8.16. The molecule has 0 bridgehead atoms. The molecule has 25 heavy (non-hydrogen) atoms. The molecule has 0 aromatic heterocycles. The van der Waals surface area contributed by atoms with Crippen LogP contribution in [0.3, 0.4) is 0 Å². The number of rotatable bonds is 2. The molecular formula is C22H25Cl2Zr. The van der Waals surface area contributed by atoms with E-state index in [0.29, 0.717) is 5.92 Å². The van der Waals surface area contributed by atoms with Gasteiger partial charge in [0.25, 0.3) is 0 Å². The molecule has 0 unspecified atom stereocenters. The Labute approximate surface area is 183 Å². The molecule has 0 spiro atoms. The summed E-state index contributed by atoms with van der Waals surface area (Å²) < 4.78 is 0. The molecule has 3 rings (SSSR count). The maximum absolute atomic E-state index is 2.40. The van der Waals surface area contributed by atoms with E-state index in [9.17, 15) is 0 Å². The fourth-order valence-electron chi connectivity index (χ4n) is 3.08. The van der Waals surface area contributed by atoms with E-state index in [-0.39, 0.29) is 56.4 Å². The molecule has 3 aromatic rings. The molecule has 3 heteroatoms. The Kier molecular flexibility index (Phi) is 9.27. The number of hydrogen-bond donors (Lipinski definition) is 0. The number of halogens is 2. The van der Waals surface area contributed by atoms with Crippen molar-refractivity contribution >= 4 is 10.8 Å². The zero-order valence-electron chi connectivity index (χ0n) is 15.5. The molecule has 0 N–H and O–H groups in total. The van der Waals surface area contributed by atoms with E-state index in [4.69, 9.17) is 0 Å². The van der Waals surface area contributed by atoms with Gasteiger partial charge in [-0.2, -0.15) is 0 Å². The molecule has 0 fully saturated rings. The molecular weight excluding hydrogens is 426 g/mol. The average molecular weight is 452 g/mol. The number of benzene rings is 2. The van der Waals surface area contributed by atoms with E-state index in [1.165, 1.54) is 33.0 Å². The second-order valence-corrected chi connectivity index (χ2v) is 7.58. The molecule has 0 heterocycles. The molecule has 0 aliphatic carbocycles.